The number of thioether (sulfide) groups is 1. The molecule has 0 aliphatic rings. The van der Waals surface area contributed by atoms with Crippen molar-refractivity contribution in [3.05, 3.63) is 106 Å². The van der Waals surface area contributed by atoms with Crippen LogP contribution in [-0.4, -0.2) is 38.6 Å². The van der Waals surface area contributed by atoms with Gasteiger partial charge in [-0.25, -0.2) is 10.2 Å². The number of ether oxygens (including phenoxy) is 1. The van der Waals surface area contributed by atoms with E-state index < -0.39 is 5.97 Å². The van der Waals surface area contributed by atoms with Crippen LogP contribution in [0, 0.1) is 6.92 Å². The summed E-state index contributed by atoms with van der Waals surface area (Å²) in [5.41, 5.74) is 4.82. The highest BCUT2D eigenvalue weighted by molar-refractivity contribution is 9.10. The average Bonchev–Trinajstić information content (AvgIpc) is 3.29. The predicted molar refractivity (Wildman–Crippen MR) is 148 cm³/mol. The SMILES string of the molecule is Cc1nnc(SCC(=O)NN=Cc2cc(Br)ccc2OC(=O)C=Cc2ccccc2)n1-c1ccccc1. The van der Waals surface area contributed by atoms with Crippen LogP contribution in [0.3, 0.4) is 0 Å². The first-order valence-electron chi connectivity index (χ1n) is 11.2. The summed E-state index contributed by atoms with van der Waals surface area (Å²) in [5.74, 6) is 0.277. The lowest BCUT2D eigenvalue weighted by Crippen LogP contribution is -2.20. The van der Waals surface area contributed by atoms with Crippen molar-refractivity contribution < 1.29 is 14.3 Å². The largest absolute Gasteiger partial charge is 0.423 e. The lowest BCUT2D eigenvalue weighted by atomic mass is 10.2. The molecular weight excluding hydrogens is 554 g/mol. The summed E-state index contributed by atoms with van der Waals surface area (Å²) >= 11 is 4.66. The summed E-state index contributed by atoms with van der Waals surface area (Å²) in [4.78, 5) is 24.7. The Labute approximate surface area is 226 Å². The van der Waals surface area contributed by atoms with Gasteiger partial charge < -0.3 is 4.74 Å². The fourth-order valence-corrected chi connectivity index (χ4v) is 4.40. The Hall–Kier alpha value is -4.02. The van der Waals surface area contributed by atoms with Crippen molar-refractivity contribution in [2.24, 2.45) is 5.10 Å². The van der Waals surface area contributed by atoms with Gasteiger partial charge in [0.1, 0.15) is 11.6 Å². The van der Waals surface area contributed by atoms with E-state index in [9.17, 15) is 9.59 Å². The molecule has 37 heavy (non-hydrogen) atoms. The van der Waals surface area contributed by atoms with Crippen LogP contribution in [0.15, 0.2) is 99.7 Å². The molecule has 0 fully saturated rings. The van der Waals surface area contributed by atoms with E-state index in [0.29, 0.717) is 16.5 Å². The van der Waals surface area contributed by atoms with Gasteiger partial charge in [0, 0.05) is 21.8 Å². The molecule has 1 heterocycles. The molecule has 0 aliphatic heterocycles. The van der Waals surface area contributed by atoms with E-state index in [2.05, 4.69) is 36.7 Å². The van der Waals surface area contributed by atoms with E-state index in [4.69, 9.17) is 4.74 Å². The number of rotatable bonds is 9. The molecule has 8 nitrogen and oxygen atoms in total. The third kappa shape index (κ3) is 7.48. The summed E-state index contributed by atoms with van der Waals surface area (Å²) in [5, 5.41) is 12.9. The highest BCUT2D eigenvalue weighted by Gasteiger charge is 2.13. The topological polar surface area (TPSA) is 98.5 Å². The zero-order valence-corrected chi connectivity index (χ0v) is 22.1. The molecule has 10 heteroatoms. The zero-order chi connectivity index (χ0) is 26.0. The lowest BCUT2D eigenvalue weighted by molar-refractivity contribution is -0.129. The van der Waals surface area contributed by atoms with Gasteiger partial charge in [-0.1, -0.05) is 76.2 Å². The molecule has 0 aliphatic carbocycles. The van der Waals surface area contributed by atoms with Gasteiger partial charge in [0.25, 0.3) is 5.91 Å². The highest BCUT2D eigenvalue weighted by atomic mass is 79.9. The number of amides is 1. The first-order chi connectivity index (χ1) is 18.0. The van der Waals surface area contributed by atoms with Crippen LogP contribution in [0.2, 0.25) is 0 Å². The van der Waals surface area contributed by atoms with Crippen LogP contribution in [0.25, 0.3) is 11.8 Å². The number of benzene rings is 3. The highest BCUT2D eigenvalue weighted by Crippen LogP contribution is 2.23. The summed E-state index contributed by atoms with van der Waals surface area (Å²) in [6, 6.07) is 24.3. The lowest BCUT2D eigenvalue weighted by Gasteiger charge is -2.08. The van der Waals surface area contributed by atoms with Crippen LogP contribution < -0.4 is 10.2 Å². The minimum absolute atomic E-state index is 0.0902. The van der Waals surface area contributed by atoms with Crippen molar-refractivity contribution in [3.63, 3.8) is 0 Å². The number of nitrogens with zero attached hydrogens (tertiary/aromatic N) is 4. The van der Waals surface area contributed by atoms with Crippen LogP contribution >= 0.6 is 27.7 Å². The number of para-hydroxylation sites is 1. The molecule has 0 unspecified atom stereocenters. The summed E-state index contributed by atoms with van der Waals surface area (Å²) in [6.45, 7) is 1.86. The number of aromatic nitrogens is 3. The maximum absolute atomic E-state index is 12.4. The van der Waals surface area contributed by atoms with Crippen LogP contribution in [0.4, 0.5) is 0 Å². The molecule has 3 aromatic carbocycles. The molecule has 1 N–H and O–H groups in total. The average molecular weight is 576 g/mol. The number of hydrazone groups is 1. The first kappa shape index (κ1) is 26.1. The van der Waals surface area contributed by atoms with E-state index in [1.165, 1.54) is 24.1 Å². The Morgan fingerprint density at radius 3 is 2.54 bits per heavy atom. The standard InChI is InChI=1S/C27H22BrN5O3S/c1-19-30-32-27(33(19)23-10-6-3-7-11-23)37-18-25(34)31-29-17-21-16-22(28)13-14-24(21)36-26(35)15-12-20-8-4-2-5-9-20/h2-17H,18H2,1H3,(H,31,34). The molecule has 0 radical (unpaired) electrons. The molecule has 186 valence electrons. The Morgan fingerprint density at radius 1 is 1.05 bits per heavy atom. The smallest absolute Gasteiger partial charge is 0.336 e. The maximum Gasteiger partial charge on any atom is 0.336 e. The number of nitrogens with one attached hydrogen (secondary N) is 1. The van der Waals surface area contributed by atoms with Gasteiger partial charge in [-0.2, -0.15) is 5.10 Å². The Bertz CT molecular complexity index is 1440. The van der Waals surface area contributed by atoms with Crippen molar-refractivity contribution in [1.82, 2.24) is 20.2 Å². The third-order valence-electron chi connectivity index (χ3n) is 4.93. The second kappa shape index (κ2) is 12.8. The molecule has 4 aromatic rings. The molecule has 4 rings (SSSR count). The van der Waals surface area contributed by atoms with Gasteiger partial charge in [0.2, 0.25) is 0 Å². The molecule has 0 saturated heterocycles. The van der Waals surface area contributed by atoms with Gasteiger partial charge in [0.15, 0.2) is 5.16 Å². The second-order valence-corrected chi connectivity index (χ2v) is 9.49. The number of aryl methyl sites for hydroxylation is 1. The van der Waals surface area contributed by atoms with E-state index in [0.717, 1.165) is 21.5 Å². The zero-order valence-electron chi connectivity index (χ0n) is 19.7. The number of carbonyl (C=O) groups excluding carboxylic acids is 2. The van der Waals surface area contributed by atoms with Gasteiger partial charge in [0.05, 0.1) is 12.0 Å². The molecule has 1 aromatic heterocycles. The molecule has 0 bridgehead atoms. The number of esters is 1. The van der Waals surface area contributed by atoms with Gasteiger partial charge >= 0.3 is 5.97 Å². The Balaban J connectivity index is 1.35. The Morgan fingerprint density at radius 2 is 1.78 bits per heavy atom. The molecule has 0 atom stereocenters. The minimum atomic E-state index is -0.529. The van der Waals surface area contributed by atoms with Crippen molar-refractivity contribution in [2.45, 2.75) is 12.1 Å². The third-order valence-corrected chi connectivity index (χ3v) is 6.35. The van der Waals surface area contributed by atoms with E-state index >= 15 is 0 Å². The summed E-state index contributed by atoms with van der Waals surface area (Å²) < 4.78 is 8.12. The van der Waals surface area contributed by atoms with Crippen LogP contribution in [-0.2, 0) is 9.59 Å². The van der Waals surface area contributed by atoms with Gasteiger partial charge in [-0.3, -0.25) is 9.36 Å². The van der Waals surface area contributed by atoms with Crippen LogP contribution in [0.1, 0.15) is 17.0 Å². The van der Waals surface area contributed by atoms with E-state index in [1.807, 2.05) is 72.2 Å². The fourth-order valence-electron chi connectivity index (χ4n) is 3.23. The summed E-state index contributed by atoms with van der Waals surface area (Å²) in [7, 11) is 0. The predicted octanol–water partition coefficient (Wildman–Crippen LogP) is 5.20. The van der Waals surface area contributed by atoms with Crippen LogP contribution in [0.5, 0.6) is 5.75 Å². The Kier molecular flexibility index (Phi) is 9.01. The molecule has 0 saturated carbocycles. The van der Waals surface area contributed by atoms with Crippen molar-refractivity contribution in [1.29, 1.82) is 0 Å². The fraction of sp³-hybridized carbons (Fsp3) is 0.0741. The normalized spacial score (nSPS) is 11.2. The second-order valence-electron chi connectivity index (χ2n) is 7.63. The van der Waals surface area contributed by atoms with Gasteiger partial charge in [-0.15, -0.1) is 10.2 Å². The van der Waals surface area contributed by atoms with E-state index in [1.54, 1.807) is 24.3 Å². The van der Waals surface area contributed by atoms with Crippen molar-refractivity contribution >= 4 is 51.9 Å². The molecule has 0 spiro atoms. The number of hydrogen-bond acceptors (Lipinski definition) is 7. The maximum atomic E-state index is 12.4. The van der Waals surface area contributed by atoms with Crippen molar-refractivity contribution in [3.8, 4) is 11.4 Å². The number of carbonyl (C=O) groups is 2. The molecular formula is C27H22BrN5O3S. The number of hydrogen-bond donors (Lipinski definition) is 1. The van der Waals surface area contributed by atoms with E-state index in [-0.39, 0.29) is 11.7 Å². The van der Waals surface area contributed by atoms with Crippen molar-refractivity contribution in [2.75, 3.05) is 5.75 Å². The number of halogens is 1. The quantitative estimate of drug-likeness (QED) is 0.0735. The monoisotopic (exact) mass is 575 g/mol. The first-order valence-corrected chi connectivity index (χ1v) is 12.9. The summed E-state index contributed by atoms with van der Waals surface area (Å²) in [6.07, 6.45) is 4.45. The molecule has 1 amide bonds. The minimum Gasteiger partial charge on any atom is -0.423 e. The van der Waals surface area contributed by atoms with Gasteiger partial charge in [-0.05, 0) is 48.9 Å².